The second-order valence-electron chi connectivity index (χ2n) is 7.23. The van der Waals surface area contributed by atoms with Gasteiger partial charge in [0.15, 0.2) is 0 Å². The maximum absolute atomic E-state index is 12.2. The average molecular weight is 393 g/mol. The fourth-order valence-corrected chi connectivity index (χ4v) is 3.22. The third kappa shape index (κ3) is 4.37. The molecule has 0 saturated carbocycles. The number of hydrogen-bond acceptors (Lipinski definition) is 6. The number of pyridine rings is 1. The minimum Gasteiger partial charge on any atom is -0.488 e. The van der Waals surface area contributed by atoms with E-state index in [0.29, 0.717) is 30.6 Å². The Morgan fingerprint density at radius 3 is 2.83 bits per heavy atom. The van der Waals surface area contributed by atoms with Crippen LogP contribution in [-0.2, 0) is 0 Å². The molecule has 1 aliphatic heterocycles. The molecule has 150 valence electrons. The van der Waals surface area contributed by atoms with Gasteiger partial charge < -0.3 is 19.5 Å². The van der Waals surface area contributed by atoms with E-state index in [0.717, 1.165) is 17.5 Å². The molecule has 1 unspecified atom stereocenters. The average Bonchev–Trinajstić information content (AvgIpc) is 3.39. The predicted molar refractivity (Wildman–Crippen MR) is 107 cm³/mol. The van der Waals surface area contributed by atoms with Crippen molar-refractivity contribution in [2.45, 2.75) is 32.4 Å². The number of ether oxygens (including phenoxy) is 1. The lowest BCUT2D eigenvalue weighted by molar-refractivity contribution is 0.185. The molecule has 1 aliphatic rings. The van der Waals surface area contributed by atoms with Gasteiger partial charge in [-0.3, -0.25) is 4.98 Å². The minimum absolute atomic E-state index is 0.0571. The number of nitrogens with one attached hydrogen (secondary N) is 1. The number of rotatable bonds is 5. The van der Waals surface area contributed by atoms with Gasteiger partial charge >= 0.3 is 6.03 Å². The van der Waals surface area contributed by atoms with E-state index in [-0.39, 0.29) is 18.2 Å². The van der Waals surface area contributed by atoms with Crippen LogP contribution >= 0.6 is 0 Å². The van der Waals surface area contributed by atoms with E-state index in [4.69, 9.17) is 9.26 Å². The summed E-state index contributed by atoms with van der Waals surface area (Å²) < 4.78 is 11.7. The first-order chi connectivity index (χ1) is 14.1. The van der Waals surface area contributed by atoms with Gasteiger partial charge in [-0.25, -0.2) is 4.79 Å². The Labute approximate surface area is 168 Å². The largest absolute Gasteiger partial charge is 0.488 e. The molecule has 0 aliphatic carbocycles. The Hall–Kier alpha value is -3.42. The highest BCUT2D eigenvalue weighted by Gasteiger charge is 2.28. The van der Waals surface area contributed by atoms with Gasteiger partial charge in [-0.15, -0.1) is 0 Å². The molecule has 2 aromatic heterocycles. The lowest BCUT2D eigenvalue weighted by Crippen LogP contribution is -2.42. The highest BCUT2D eigenvalue weighted by molar-refractivity contribution is 5.74. The molecule has 0 spiro atoms. The highest BCUT2D eigenvalue weighted by Crippen LogP contribution is 2.31. The smallest absolute Gasteiger partial charge is 0.317 e. The molecule has 3 aromatic rings. The number of hydrogen-bond donors (Lipinski definition) is 1. The van der Waals surface area contributed by atoms with Gasteiger partial charge in [0.2, 0.25) is 5.82 Å². The topological polar surface area (TPSA) is 93.4 Å². The summed E-state index contributed by atoms with van der Waals surface area (Å²) in [5, 5.41) is 6.99. The summed E-state index contributed by atoms with van der Waals surface area (Å²) in [4.78, 5) is 22.5. The number of likely N-dealkylation sites (tertiary alicyclic amines) is 1. The molecule has 2 amide bonds. The van der Waals surface area contributed by atoms with Gasteiger partial charge in [0.25, 0.3) is 5.89 Å². The van der Waals surface area contributed by atoms with E-state index < -0.39 is 0 Å². The van der Waals surface area contributed by atoms with E-state index in [1.807, 2.05) is 50.2 Å². The van der Waals surface area contributed by atoms with Crippen LogP contribution in [0.5, 0.6) is 5.75 Å². The first-order valence-corrected chi connectivity index (χ1v) is 9.66. The van der Waals surface area contributed by atoms with Crippen molar-refractivity contribution in [3.05, 3.63) is 48.8 Å². The van der Waals surface area contributed by atoms with E-state index in [1.54, 1.807) is 17.3 Å². The van der Waals surface area contributed by atoms with E-state index in [2.05, 4.69) is 20.4 Å². The molecule has 1 fully saturated rings. The Bertz CT molecular complexity index is 973. The first-order valence-electron chi connectivity index (χ1n) is 9.66. The molecule has 4 rings (SSSR count). The van der Waals surface area contributed by atoms with E-state index >= 15 is 0 Å². The molecule has 1 atom stereocenters. The van der Waals surface area contributed by atoms with Gasteiger partial charge in [-0.1, -0.05) is 17.3 Å². The monoisotopic (exact) mass is 393 g/mol. The van der Waals surface area contributed by atoms with Crippen LogP contribution in [0.2, 0.25) is 0 Å². The zero-order valence-electron chi connectivity index (χ0n) is 16.4. The summed E-state index contributed by atoms with van der Waals surface area (Å²) in [6, 6.07) is 11.3. The molecule has 1 aromatic carbocycles. The number of benzene rings is 1. The van der Waals surface area contributed by atoms with Crippen LogP contribution in [0.4, 0.5) is 4.79 Å². The molecule has 8 nitrogen and oxygen atoms in total. The second kappa shape index (κ2) is 8.30. The number of aromatic nitrogens is 3. The van der Waals surface area contributed by atoms with Crippen LogP contribution in [-0.4, -0.2) is 51.3 Å². The third-order valence-electron chi connectivity index (χ3n) is 4.62. The summed E-state index contributed by atoms with van der Waals surface area (Å²) in [5.74, 6) is 1.54. The summed E-state index contributed by atoms with van der Waals surface area (Å²) in [7, 11) is 0. The van der Waals surface area contributed by atoms with Crippen molar-refractivity contribution in [3.63, 3.8) is 0 Å². The molecule has 0 bridgehead atoms. The molecular formula is C21H23N5O3. The van der Waals surface area contributed by atoms with Crippen LogP contribution in [0, 0.1) is 0 Å². The summed E-state index contributed by atoms with van der Waals surface area (Å²) >= 11 is 0. The van der Waals surface area contributed by atoms with Crippen molar-refractivity contribution in [1.82, 2.24) is 25.3 Å². The molecular weight excluding hydrogens is 370 g/mol. The molecule has 1 N–H and O–H groups in total. The number of para-hydroxylation sites is 1. The van der Waals surface area contributed by atoms with Crippen LogP contribution in [0.1, 0.15) is 20.3 Å². The fraction of sp³-hybridized carbons (Fsp3) is 0.333. The molecule has 3 heterocycles. The first kappa shape index (κ1) is 18.9. The summed E-state index contributed by atoms with van der Waals surface area (Å²) in [6.07, 6.45) is 4.05. The van der Waals surface area contributed by atoms with E-state index in [9.17, 15) is 4.79 Å². The van der Waals surface area contributed by atoms with Gasteiger partial charge in [-0.2, -0.15) is 4.98 Å². The van der Waals surface area contributed by atoms with Crippen LogP contribution in [0.25, 0.3) is 22.8 Å². The van der Waals surface area contributed by atoms with Gasteiger partial charge in [0.1, 0.15) is 11.9 Å². The van der Waals surface area contributed by atoms with Crippen molar-refractivity contribution >= 4 is 6.03 Å². The number of urea groups is 1. The van der Waals surface area contributed by atoms with Gasteiger partial charge in [0.05, 0.1) is 12.1 Å². The minimum atomic E-state index is -0.0864. The van der Waals surface area contributed by atoms with Crippen molar-refractivity contribution < 1.29 is 14.1 Å². The number of amides is 2. The SMILES string of the molecule is CC(C)NC(=O)N1CCC(Oc2ccccc2-c2nc(-c3ccncc3)no2)C1. The normalized spacial score (nSPS) is 16.2. The summed E-state index contributed by atoms with van der Waals surface area (Å²) in [5.41, 5.74) is 1.56. The lowest BCUT2D eigenvalue weighted by atomic mass is 10.2. The quantitative estimate of drug-likeness (QED) is 0.714. The zero-order chi connectivity index (χ0) is 20.2. The molecule has 1 saturated heterocycles. The van der Waals surface area contributed by atoms with Crippen molar-refractivity contribution in [2.24, 2.45) is 0 Å². The van der Waals surface area contributed by atoms with Crippen LogP contribution in [0.15, 0.2) is 53.3 Å². The number of carbonyl (C=O) groups is 1. The summed E-state index contributed by atoms with van der Waals surface area (Å²) in [6.45, 7) is 5.10. The Morgan fingerprint density at radius 1 is 1.24 bits per heavy atom. The Balaban J connectivity index is 1.49. The second-order valence-corrected chi connectivity index (χ2v) is 7.23. The van der Waals surface area contributed by atoms with Gasteiger partial charge in [-0.05, 0) is 38.1 Å². The lowest BCUT2D eigenvalue weighted by Gasteiger charge is -2.19. The predicted octanol–water partition coefficient (Wildman–Crippen LogP) is 3.37. The van der Waals surface area contributed by atoms with Crippen LogP contribution < -0.4 is 10.1 Å². The van der Waals surface area contributed by atoms with Crippen molar-refractivity contribution in [2.75, 3.05) is 13.1 Å². The number of carbonyl (C=O) groups excluding carboxylic acids is 1. The highest BCUT2D eigenvalue weighted by atomic mass is 16.5. The maximum atomic E-state index is 12.2. The van der Waals surface area contributed by atoms with E-state index in [1.165, 1.54) is 0 Å². The third-order valence-corrected chi connectivity index (χ3v) is 4.62. The Morgan fingerprint density at radius 2 is 2.03 bits per heavy atom. The van der Waals surface area contributed by atoms with Crippen LogP contribution in [0.3, 0.4) is 0 Å². The Kier molecular flexibility index (Phi) is 5.41. The zero-order valence-corrected chi connectivity index (χ0v) is 16.4. The molecule has 8 heteroatoms. The van der Waals surface area contributed by atoms with Gasteiger partial charge in [0, 0.05) is 37.0 Å². The maximum Gasteiger partial charge on any atom is 0.317 e. The molecule has 0 radical (unpaired) electrons. The molecule has 29 heavy (non-hydrogen) atoms. The van der Waals surface area contributed by atoms with Crippen molar-refractivity contribution in [3.8, 4) is 28.6 Å². The standard InChI is InChI=1S/C21H23N5O3/c1-14(2)23-21(27)26-12-9-16(13-26)28-18-6-4-3-5-17(18)20-24-19(25-29-20)15-7-10-22-11-8-15/h3-8,10-11,14,16H,9,12-13H2,1-2H3,(H,23,27). The fourth-order valence-electron chi connectivity index (χ4n) is 3.22. The number of nitrogens with zero attached hydrogens (tertiary/aromatic N) is 4. The van der Waals surface area contributed by atoms with Crippen molar-refractivity contribution in [1.29, 1.82) is 0 Å².